The van der Waals surface area contributed by atoms with Crippen LogP contribution in [0.3, 0.4) is 0 Å². The predicted octanol–water partition coefficient (Wildman–Crippen LogP) is 4.48. The van der Waals surface area contributed by atoms with Gasteiger partial charge in [0, 0.05) is 24.0 Å². The van der Waals surface area contributed by atoms with Crippen molar-refractivity contribution in [1.29, 1.82) is 0 Å². The number of hydrogen-bond acceptors (Lipinski definition) is 5. The number of pyridine rings is 1. The highest BCUT2D eigenvalue weighted by Gasteiger charge is 2.31. The number of nitrogens with zero attached hydrogens (tertiary/aromatic N) is 4. The van der Waals surface area contributed by atoms with E-state index in [0.29, 0.717) is 11.4 Å². The van der Waals surface area contributed by atoms with Gasteiger partial charge in [-0.3, -0.25) is 4.98 Å². The molecule has 0 saturated heterocycles. The lowest BCUT2D eigenvalue weighted by Gasteiger charge is -2.10. The van der Waals surface area contributed by atoms with E-state index in [9.17, 15) is 13.2 Å². The van der Waals surface area contributed by atoms with Gasteiger partial charge in [0.05, 0.1) is 11.9 Å². The summed E-state index contributed by atoms with van der Waals surface area (Å²) < 4.78 is 47.7. The maximum Gasteiger partial charge on any atom is 0.573 e. The van der Waals surface area contributed by atoms with Crippen molar-refractivity contribution in [3.05, 3.63) is 67.1 Å². The van der Waals surface area contributed by atoms with Crippen molar-refractivity contribution < 1.29 is 22.6 Å². The summed E-state index contributed by atoms with van der Waals surface area (Å²) in [6, 6.07) is 12.1. The molecular formula is C18H11F3N4O2. The average molecular weight is 372 g/mol. The molecule has 1 aromatic carbocycles. The number of hydrogen-bond donors (Lipinski definition) is 0. The Morgan fingerprint density at radius 2 is 1.67 bits per heavy atom. The molecule has 136 valence electrons. The zero-order valence-electron chi connectivity index (χ0n) is 13.6. The first kappa shape index (κ1) is 16.8. The third-order valence-corrected chi connectivity index (χ3v) is 3.57. The summed E-state index contributed by atoms with van der Waals surface area (Å²) in [7, 11) is 0. The van der Waals surface area contributed by atoms with E-state index in [2.05, 4.69) is 19.8 Å². The number of ether oxygens (including phenoxy) is 2. The van der Waals surface area contributed by atoms with E-state index >= 15 is 0 Å². The third kappa shape index (κ3) is 3.81. The maximum absolute atomic E-state index is 12.2. The van der Waals surface area contributed by atoms with E-state index in [1.807, 2.05) is 6.07 Å². The topological polar surface area (TPSA) is 61.5 Å². The van der Waals surface area contributed by atoms with Gasteiger partial charge in [-0.15, -0.1) is 18.3 Å². The van der Waals surface area contributed by atoms with Crippen molar-refractivity contribution >= 4 is 5.65 Å². The second-order valence-corrected chi connectivity index (χ2v) is 5.45. The van der Waals surface area contributed by atoms with Crippen LogP contribution < -0.4 is 9.47 Å². The van der Waals surface area contributed by atoms with Gasteiger partial charge in [0.2, 0.25) is 5.88 Å². The molecule has 0 N–H and O–H groups in total. The van der Waals surface area contributed by atoms with E-state index in [0.717, 1.165) is 11.3 Å². The molecule has 0 bridgehead atoms. The number of rotatable bonds is 4. The van der Waals surface area contributed by atoms with Crippen molar-refractivity contribution in [3.63, 3.8) is 0 Å². The average Bonchev–Trinajstić information content (AvgIpc) is 3.06. The molecule has 0 aliphatic rings. The van der Waals surface area contributed by atoms with Crippen LogP contribution in [-0.4, -0.2) is 25.9 Å². The first-order chi connectivity index (χ1) is 13.0. The third-order valence-electron chi connectivity index (χ3n) is 3.57. The zero-order valence-corrected chi connectivity index (χ0v) is 13.6. The van der Waals surface area contributed by atoms with Crippen LogP contribution in [0.2, 0.25) is 0 Å². The number of fused-ring (bicyclic) bond motifs is 1. The van der Waals surface area contributed by atoms with Crippen LogP contribution in [-0.2, 0) is 0 Å². The molecule has 0 unspecified atom stereocenters. The molecule has 6 nitrogen and oxygen atoms in total. The van der Waals surface area contributed by atoms with Crippen molar-refractivity contribution in [3.8, 4) is 28.6 Å². The van der Waals surface area contributed by atoms with E-state index in [1.54, 1.807) is 41.3 Å². The normalized spacial score (nSPS) is 11.5. The largest absolute Gasteiger partial charge is 0.573 e. The van der Waals surface area contributed by atoms with Crippen LogP contribution in [0, 0.1) is 0 Å². The fourth-order valence-corrected chi connectivity index (χ4v) is 2.45. The minimum Gasteiger partial charge on any atom is -0.438 e. The Bertz CT molecular complexity index is 1060. The Labute approximate surface area is 150 Å². The van der Waals surface area contributed by atoms with Crippen molar-refractivity contribution in [1.82, 2.24) is 19.6 Å². The van der Waals surface area contributed by atoms with Crippen molar-refractivity contribution in [2.45, 2.75) is 6.36 Å². The van der Waals surface area contributed by atoms with Gasteiger partial charge < -0.3 is 9.47 Å². The predicted molar refractivity (Wildman–Crippen MR) is 89.4 cm³/mol. The maximum atomic E-state index is 12.2. The van der Waals surface area contributed by atoms with Crippen LogP contribution >= 0.6 is 0 Å². The van der Waals surface area contributed by atoms with Crippen LogP contribution in [0.4, 0.5) is 13.2 Å². The van der Waals surface area contributed by atoms with Crippen molar-refractivity contribution in [2.75, 3.05) is 0 Å². The van der Waals surface area contributed by atoms with E-state index in [1.165, 1.54) is 24.3 Å². The molecule has 27 heavy (non-hydrogen) atoms. The second-order valence-electron chi connectivity index (χ2n) is 5.45. The molecule has 4 aromatic rings. The van der Waals surface area contributed by atoms with Crippen LogP contribution in [0.1, 0.15) is 0 Å². The minimum atomic E-state index is -4.74. The molecule has 0 aliphatic carbocycles. The number of imidazole rings is 1. The quantitative estimate of drug-likeness (QED) is 0.529. The van der Waals surface area contributed by atoms with Gasteiger partial charge in [-0.25, -0.2) is 9.50 Å². The van der Waals surface area contributed by atoms with E-state index < -0.39 is 6.36 Å². The monoisotopic (exact) mass is 372 g/mol. The fourth-order valence-electron chi connectivity index (χ4n) is 2.45. The highest BCUT2D eigenvalue weighted by molar-refractivity contribution is 5.62. The number of benzene rings is 1. The smallest absolute Gasteiger partial charge is 0.438 e. The van der Waals surface area contributed by atoms with Gasteiger partial charge in [-0.2, -0.15) is 0 Å². The van der Waals surface area contributed by atoms with Crippen LogP contribution in [0.15, 0.2) is 67.1 Å². The number of aromatic nitrogens is 4. The summed E-state index contributed by atoms with van der Waals surface area (Å²) in [5.41, 5.74) is 2.19. The molecule has 3 heterocycles. The standard InChI is InChI=1S/C18H11F3N4O2/c19-18(20,21)27-14-5-3-13(4-6-14)26-17-8-7-16-23-11-15(25(16)24-17)12-2-1-9-22-10-12/h1-11H. The Kier molecular flexibility index (Phi) is 4.11. The van der Waals surface area contributed by atoms with Gasteiger partial charge in [0.15, 0.2) is 5.65 Å². The molecule has 0 atom stereocenters. The highest BCUT2D eigenvalue weighted by Crippen LogP contribution is 2.27. The SMILES string of the molecule is FC(F)(F)Oc1ccc(Oc2ccc3ncc(-c4cccnc4)n3n2)cc1. The lowest BCUT2D eigenvalue weighted by molar-refractivity contribution is -0.274. The Hall–Kier alpha value is -3.62. The number of alkyl halides is 3. The van der Waals surface area contributed by atoms with Crippen molar-refractivity contribution in [2.24, 2.45) is 0 Å². The number of halogens is 3. The summed E-state index contributed by atoms with van der Waals surface area (Å²) >= 11 is 0. The molecule has 9 heteroatoms. The molecule has 0 radical (unpaired) electrons. The summed E-state index contributed by atoms with van der Waals surface area (Å²) in [5.74, 6) is 0.251. The molecule has 0 saturated carbocycles. The lowest BCUT2D eigenvalue weighted by atomic mass is 10.2. The summed E-state index contributed by atoms with van der Waals surface area (Å²) in [6.45, 7) is 0. The van der Waals surface area contributed by atoms with Gasteiger partial charge in [0.1, 0.15) is 11.5 Å². The Morgan fingerprint density at radius 3 is 2.37 bits per heavy atom. The van der Waals surface area contributed by atoms with Gasteiger partial charge in [0.25, 0.3) is 0 Å². The summed E-state index contributed by atoms with van der Waals surface area (Å²) in [4.78, 5) is 8.36. The molecule has 0 fully saturated rings. The first-order valence-electron chi connectivity index (χ1n) is 7.77. The fraction of sp³-hybridized carbons (Fsp3) is 0.0556. The van der Waals surface area contributed by atoms with E-state index in [4.69, 9.17) is 4.74 Å². The summed E-state index contributed by atoms with van der Waals surface area (Å²) in [5, 5.41) is 4.38. The van der Waals surface area contributed by atoms with Gasteiger partial charge >= 0.3 is 6.36 Å². The molecule has 0 spiro atoms. The molecule has 4 rings (SSSR count). The van der Waals surface area contributed by atoms with E-state index in [-0.39, 0.29) is 11.6 Å². The van der Waals surface area contributed by atoms with Gasteiger partial charge in [-0.1, -0.05) is 0 Å². The molecule has 0 aliphatic heterocycles. The lowest BCUT2D eigenvalue weighted by Crippen LogP contribution is -2.16. The molecular weight excluding hydrogens is 361 g/mol. The highest BCUT2D eigenvalue weighted by atomic mass is 19.4. The second kappa shape index (κ2) is 6.60. The van der Waals surface area contributed by atoms with Gasteiger partial charge in [-0.05, 0) is 42.5 Å². The Balaban J connectivity index is 1.59. The zero-order chi connectivity index (χ0) is 18.9. The summed E-state index contributed by atoms with van der Waals surface area (Å²) in [6.07, 6.45) is 0.296. The molecule has 3 aromatic heterocycles. The van der Waals surface area contributed by atoms with Crippen LogP contribution in [0.25, 0.3) is 16.9 Å². The Morgan fingerprint density at radius 1 is 0.889 bits per heavy atom. The minimum absolute atomic E-state index is 0.259. The van der Waals surface area contributed by atoms with Crippen LogP contribution in [0.5, 0.6) is 17.4 Å². The first-order valence-corrected chi connectivity index (χ1v) is 7.77. The molecule has 0 amide bonds.